The zero-order valence-electron chi connectivity index (χ0n) is 11.3. The van der Waals surface area contributed by atoms with Crippen LogP contribution in [0, 0.1) is 17.8 Å². The first kappa shape index (κ1) is 12.4. The van der Waals surface area contributed by atoms with Crippen LogP contribution >= 0.6 is 0 Å². The highest BCUT2D eigenvalue weighted by Gasteiger charge is 2.59. The second-order valence-corrected chi connectivity index (χ2v) is 6.37. The summed E-state index contributed by atoms with van der Waals surface area (Å²) in [7, 11) is 0. The second kappa shape index (κ2) is 4.30. The Morgan fingerprint density at radius 1 is 1.25 bits per heavy atom. The van der Waals surface area contributed by atoms with Crippen LogP contribution in [-0.2, 0) is 9.47 Å². The molecule has 4 atom stereocenters. The summed E-state index contributed by atoms with van der Waals surface area (Å²) in [5.74, 6) is 2.01. The molecular formula is C14H26O2. The quantitative estimate of drug-likeness (QED) is 0.732. The van der Waals surface area contributed by atoms with Gasteiger partial charge in [-0.1, -0.05) is 27.7 Å². The Morgan fingerprint density at radius 2 is 1.94 bits per heavy atom. The lowest BCUT2D eigenvalue weighted by Gasteiger charge is -2.33. The van der Waals surface area contributed by atoms with E-state index in [0.29, 0.717) is 17.9 Å². The highest BCUT2D eigenvalue weighted by atomic mass is 16.6. The van der Waals surface area contributed by atoms with Gasteiger partial charge in [-0.2, -0.15) is 0 Å². The minimum Gasteiger partial charge on any atom is -0.372 e. The van der Waals surface area contributed by atoms with Crippen LogP contribution in [0.3, 0.4) is 0 Å². The van der Waals surface area contributed by atoms with Crippen molar-refractivity contribution in [3.8, 4) is 0 Å². The molecule has 0 spiro atoms. The van der Waals surface area contributed by atoms with Crippen LogP contribution < -0.4 is 0 Å². The Morgan fingerprint density at radius 3 is 2.44 bits per heavy atom. The zero-order valence-corrected chi connectivity index (χ0v) is 11.3. The van der Waals surface area contributed by atoms with Crippen LogP contribution in [0.15, 0.2) is 0 Å². The molecular weight excluding hydrogens is 200 g/mol. The summed E-state index contributed by atoms with van der Waals surface area (Å²) in [5, 5.41) is 0. The highest BCUT2D eigenvalue weighted by Crippen LogP contribution is 2.50. The van der Waals surface area contributed by atoms with Gasteiger partial charge >= 0.3 is 0 Å². The lowest BCUT2D eigenvalue weighted by atomic mass is 9.77. The van der Waals surface area contributed by atoms with Gasteiger partial charge in [-0.15, -0.1) is 0 Å². The average Bonchev–Trinajstić information content (AvgIpc) is 2.67. The number of ether oxygens (including phenoxy) is 2. The van der Waals surface area contributed by atoms with Crippen molar-refractivity contribution < 1.29 is 9.47 Å². The molecule has 0 saturated carbocycles. The lowest BCUT2D eigenvalue weighted by Crippen LogP contribution is -2.39. The average molecular weight is 226 g/mol. The molecule has 2 saturated heterocycles. The summed E-state index contributed by atoms with van der Waals surface area (Å²) in [6.07, 6.45) is 3.03. The van der Waals surface area contributed by atoms with E-state index < -0.39 is 0 Å². The van der Waals surface area contributed by atoms with Crippen LogP contribution in [0.5, 0.6) is 0 Å². The molecule has 4 unspecified atom stereocenters. The smallest absolute Gasteiger partial charge is 0.0976 e. The van der Waals surface area contributed by atoms with Crippen molar-refractivity contribution in [1.82, 2.24) is 0 Å². The minimum absolute atomic E-state index is 0.0303. The predicted molar refractivity (Wildman–Crippen MR) is 65.4 cm³/mol. The van der Waals surface area contributed by atoms with Crippen molar-refractivity contribution in [2.45, 2.75) is 65.3 Å². The van der Waals surface area contributed by atoms with Gasteiger partial charge < -0.3 is 9.47 Å². The first-order chi connectivity index (χ1) is 7.46. The summed E-state index contributed by atoms with van der Waals surface area (Å²) in [5.41, 5.74) is 0.0303. The maximum absolute atomic E-state index is 6.25. The van der Waals surface area contributed by atoms with E-state index in [0.717, 1.165) is 18.9 Å². The highest BCUT2D eigenvalue weighted by molar-refractivity contribution is 5.07. The molecule has 0 radical (unpaired) electrons. The zero-order chi connectivity index (χ0) is 11.9. The van der Waals surface area contributed by atoms with E-state index in [-0.39, 0.29) is 11.7 Å². The molecule has 2 bridgehead atoms. The molecule has 0 amide bonds. The summed E-state index contributed by atoms with van der Waals surface area (Å²) >= 11 is 0. The van der Waals surface area contributed by atoms with E-state index in [1.807, 2.05) is 0 Å². The van der Waals surface area contributed by atoms with Crippen molar-refractivity contribution in [3.63, 3.8) is 0 Å². The van der Waals surface area contributed by atoms with E-state index in [9.17, 15) is 0 Å². The minimum atomic E-state index is 0.0303. The third kappa shape index (κ3) is 1.91. The predicted octanol–water partition coefficient (Wildman–Crippen LogP) is 3.25. The van der Waals surface area contributed by atoms with Gasteiger partial charge in [0.2, 0.25) is 0 Å². The van der Waals surface area contributed by atoms with Gasteiger partial charge in [-0.3, -0.25) is 0 Å². The third-order valence-corrected chi connectivity index (χ3v) is 4.23. The fourth-order valence-electron chi connectivity index (χ4n) is 3.53. The maximum atomic E-state index is 6.25. The molecule has 2 heteroatoms. The van der Waals surface area contributed by atoms with Gasteiger partial charge in [0.15, 0.2) is 0 Å². The maximum Gasteiger partial charge on any atom is 0.0976 e. The van der Waals surface area contributed by atoms with E-state index in [2.05, 4.69) is 34.6 Å². The van der Waals surface area contributed by atoms with Crippen molar-refractivity contribution in [2.24, 2.45) is 17.8 Å². The van der Waals surface area contributed by atoms with Crippen molar-refractivity contribution in [2.75, 3.05) is 6.61 Å². The molecule has 0 aliphatic carbocycles. The fraction of sp³-hybridized carbons (Fsp3) is 1.00. The number of rotatable bonds is 4. The van der Waals surface area contributed by atoms with Gasteiger partial charge in [-0.25, -0.2) is 0 Å². The van der Waals surface area contributed by atoms with Crippen LogP contribution in [0.1, 0.15) is 47.5 Å². The van der Waals surface area contributed by atoms with Crippen molar-refractivity contribution in [3.05, 3.63) is 0 Å². The van der Waals surface area contributed by atoms with E-state index >= 15 is 0 Å². The fourth-order valence-corrected chi connectivity index (χ4v) is 3.53. The van der Waals surface area contributed by atoms with Gasteiger partial charge in [0.1, 0.15) is 0 Å². The normalized spacial score (nSPS) is 42.6. The van der Waals surface area contributed by atoms with Crippen LogP contribution in [0.25, 0.3) is 0 Å². The molecule has 0 aromatic carbocycles. The van der Waals surface area contributed by atoms with E-state index in [1.54, 1.807) is 0 Å². The summed E-state index contributed by atoms with van der Waals surface area (Å²) in [4.78, 5) is 0. The number of fused-ring (bicyclic) bond motifs is 2. The Bertz CT molecular complexity index is 249. The molecule has 2 rings (SSSR count). The summed E-state index contributed by atoms with van der Waals surface area (Å²) in [6.45, 7) is 12.2. The first-order valence-electron chi connectivity index (χ1n) is 6.75. The Balaban J connectivity index is 2.11. The number of hydrogen-bond acceptors (Lipinski definition) is 2. The van der Waals surface area contributed by atoms with Gasteiger partial charge in [0.25, 0.3) is 0 Å². The summed E-state index contributed by atoms with van der Waals surface area (Å²) < 4.78 is 12.2. The molecule has 2 heterocycles. The molecule has 2 nitrogen and oxygen atoms in total. The first-order valence-corrected chi connectivity index (χ1v) is 6.75. The number of hydrogen-bond donors (Lipinski definition) is 0. The molecule has 2 aliphatic heterocycles. The van der Waals surface area contributed by atoms with E-state index in [4.69, 9.17) is 9.47 Å². The van der Waals surface area contributed by atoms with Gasteiger partial charge in [-0.05, 0) is 31.6 Å². The van der Waals surface area contributed by atoms with Crippen LogP contribution in [0.4, 0.5) is 0 Å². The Hall–Kier alpha value is -0.0800. The standard InChI is InChI=1S/C14H26O2/c1-9(2)6-7-14-8-15-13(11(5)16-14)12(14)10(3)4/h9-13H,6-8H2,1-5H3. The SMILES string of the molecule is CC(C)CCC12COC(C(C)O1)C2C(C)C. The topological polar surface area (TPSA) is 18.5 Å². The Labute approximate surface area is 99.7 Å². The van der Waals surface area contributed by atoms with Crippen molar-refractivity contribution in [1.29, 1.82) is 0 Å². The third-order valence-electron chi connectivity index (χ3n) is 4.23. The summed E-state index contributed by atoms with van der Waals surface area (Å²) in [6, 6.07) is 0. The van der Waals surface area contributed by atoms with E-state index in [1.165, 1.54) is 6.42 Å². The molecule has 0 aromatic rings. The van der Waals surface area contributed by atoms with Crippen LogP contribution in [0.2, 0.25) is 0 Å². The lowest BCUT2D eigenvalue weighted by molar-refractivity contribution is -0.141. The molecule has 2 aliphatic rings. The van der Waals surface area contributed by atoms with Crippen molar-refractivity contribution >= 4 is 0 Å². The molecule has 0 aromatic heterocycles. The molecule has 94 valence electrons. The molecule has 0 N–H and O–H groups in total. The monoisotopic (exact) mass is 226 g/mol. The second-order valence-electron chi connectivity index (χ2n) is 6.37. The largest absolute Gasteiger partial charge is 0.372 e. The van der Waals surface area contributed by atoms with Gasteiger partial charge in [0.05, 0.1) is 24.4 Å². The molecule has 16 heavy (non-hydrogen) atoms. The van der Waals surface area contributed by atoms with Gasteiger partial charge in [0, 0.05) is 5.92 Å². The Kier molecular flexibility index (Phi) is 3.33. The molecule has 2 fully saturated rings. The van der Waals surface area contributed by atoms with Crippen LogP contribution in [-0.4, -0.2) is 24.4 Å².